The zero-order valence-corrected chi connectivity index (χ0v) is 14.0. The molecule has 0 heterocycles. The van der Waals surface area contributed by atoms with Gasteiger partial charge in [-0.3, -0.25) is 0 Å². The minimum absolute atomic E-state index is 0.0119. The molecule has 6 N–H and O–H groups in total. The number of carbonyl (C=O) groups excluding carboxylic acids is 2. The number of nitrogens with one attached hydrogen (secondary N) is 2. The second kappa shape index (κ2) is 10.6. The van der Waals surface area contributed by atoms with Gasteiger partial charge in [0.05, 0.1) is 0 Å². The van der Waals surface area contributed by atoms with E-state index in [1.165, 1.54) is 6.92 Å². The summed E-state index contributed by atoms with van der Waals surface area (Å²) in [7, 11) is 5.53. The molecule has 0 saturated carbocycles. The summed E-state index contributed by atoms with van der Waals surface area (Å²) in [4.78, 5) is 24.2. The van der Waals surface area contributed by atoms with E-state index in [1.807, 2.05) is 6.07 Å². The van der Waals surface area contributed by atoms with Gasteiger partial charge in [0, 0.05) is 0 Å². The molecule has 0 aliphatic carbocycles. The Morgan fingerprint density at radius 3 is 2.44 bits per heavy atom. The molecule has 1 rings (SSSR count). The SMILES string of the molecule is [B]=C(CN)N[C@H](C(=O)N[C@@H](CO)C(=O)OCc1ccccc1)[C@@H](C)O. The quantitative estimate of drug-likeness (QED) is 0.239. The van der Waals surface area contributed by atoms with Gasteiger partial charge in [0.15, 0.2) is 0 Å². The number of benzene rings is 1. The number of rotatable bonds is 10. The van der Waals surface area contributed by atoms with Crippen molar-refractivity contribution in [3.05, 3.63) is 35.9 Å². The van der Waals surface area contributed by atoms with E-state index < -0.39 is 36.7 Å². The number of aliphatic hydroxyl groups excluding tert-OH is 2. The maximum atomic E-state index is 12.2. The van der Waals surface area contributed by atoms with Crippen molar-refractivity contribution >= 4 is 25.0 Å². The summed E-state index contributed by atoms with van der Waals surface area (Å²) in [6, 6.07) is 6.59. The van der Waals surface area contributed by atoms with Crippen molar-refractivity contribution in [3.63, 3.8) is 0 Å². The molecule has 0 saturated heterocycles. The van der Waals surface area contributed by atoms with Crippen molar-refractivity contribution in [2.75, 3.05) is 13.2 Å². The van der Waals surface area contributed by atoms with Gasteiger partial charge in [-0.05, 0) is 0 Å². The summed E-state index contributed by atoms with van der Waals surface area (Å²) in [5.41, 5.74) is 6.22. The fourth-order valence-corrected chi connectivity index (χ4v) is 1.93. The maximum absolute atomic E-state index is 12.2. The molecule has 3 atom stereocenters. The van der Waals surface area contributed by atoms with Crippen LogP contribution in [0.25, 0.3) is 0 Å². The summed E-state index contributed by atoms with van der Waals surface area (Å²) in [5, 5.41) is 23.9. The van der Waals surface area contributed by atoms with Gasteiger partial charge in [-0.15, -0.1) is 0 Å². The summed E-state index contributed by atoms with van der Waals surface area (Å²) < 4.78 is 5.08. The van der Waals surface area contributed by atoms with Crippen LogP contribution in [-0.2, 0) is 20.9 Å². The Bertz CT molecular complexity index is 582. The first kappa shape index (κ1) is 20.8. The van der Waals surface area contributed by atoms with Gasteiger partial charge >= 0.3 is 141 Å². The van der Waals surface area contributed by atoms with Crippen LogP contribution >= 0.6 is 0 Å². The molecule has 0 spiro atoms. The van der Waals surface area contributed by atoms with E-state index in [1.54, 1.807) is 24.3 Å². The van der Waals surface area contributed by atoms with Crippen molar-refractivity contribution in [1.82, 2.24) is 10.6 Å². The normalized spacial score (nSPS) is 14.0. The number of esters is 1. The summed E-state index contributed by atoms with van der Waals surface area (Å²) >= 11 is 0. The zero-order valence-electron chi connectivity index (χ0n) is 14.0. The molecule has 1 radical (unpaired) electrons. The number of nitrogens with two attached hydrogens (primary N) is 1. The molecule has 9 heteroatoms. The van der Waals surface area contributed by atoms with Crippen molar-refractivity contribution < 1.29 is 24.5 Å². The Morgan fingerprint density at radius 1 is 1.28 bits per heavy atom. The monoisotopic (exact) mass is 348 g/mol. The zero-order chi connectivity index (χ0) is 18.8. The number of hydrogen-bond donors (Lipinski definition) is 5. The molecule has 0 aliphatic heterocycles. The molecular weight excluding hydrogens is 325 g/mol. The van der Waals surface area contributed by atoms with Crippen LogP contribution in [0.15, 0.2) is 30.3 Å². The number of aliphatic hydroxyl groups is 2. The van der Waals surface area contributed by atoms with E-state index in [0.717, 1.165) is 5.56 Å². The van der Waals surface area contributed by atoms with Crippen LogP contribution in [0.2, 0.25) is 0 Å². The first-order valence-corrected chi connectivity index (χ1v) is 7.76. The number of carbonyl (C=O) groups is 2. The van der Waals surface area contributed by atoms with Crippen LogP contribution in [0.5, 0.6) is 0 Å². The second-order valence-electron chi connectivity index (χ2n) is 5.43. The van der Waals surface area contributed by atoms with Gasteiger partial charge in [-0.25, -0.2) is 0 Å². The van der Waals surface area contributed by atoms with Crippen molar-refractivity contribution in [2.45, 2.75) is 31.7 Å². The Balaban J connectivity index is 2.63. The standard InChI is InChI=1S/C16H23BN3O5/c1-10(22)14(20-13(17)7-18)15(23)19-12(8-21)16(24)25-9-11-5-3-2-4-6-11/h2-6,10,12,14,20-22H,7-9,18H2,1H3,(H,19,23)/t10-,12+,14+/m1/s1. The van der Waals surface area contributed by atoms with Crippen LogP contribution in [0.1, 0.15) is 12.5 Å². The fourth-order valence-electron chi connectivity index (χ4n) is 1.93. The first-order valence-electron chi connectivity index (χ1n) is 7.76. The first-order chi connectivity index (χ1) is 11.9. The average molecular weight is 348 g/mol. The van der Waals surface area contributed by atoms with Crippen LogP contribution in [0.4, 0.5) is 0 Å². The molecule has 8 nitrogen and oxygen atoms in total. The molecule has 1 aromatic rings. The summed E-state index contributed by atoms with van der Waals surface area (Å²) in [6.45, 7) is 0.710. The molecule has 1 aromatic carbocycles. The fraction of sp³-hybridized carbons (Fsp3) is 0.438. The van der Waals surface area contributed by atoms with E-state index in [-0.39, 0.29) is 18.7 Å². The van der Waals surface area contributed by atoms with Crippen molar-refractivity contribution in [2.24, 2.45) is 5.73 Å². The Labute approximate surface area is 147 Å². The minimum atomic E-state index is -1.27. The number of hydrogen-bond acceptors (Lipinski definition) is 7. The molecule has 0 aliphatic rings. The molecule has 135 valence electrons. The predicted octanol–water partition coefficient (Wildman–Crippen LogP) is -2.20. The Kier molecular flexibility index (Phi) is 8.83. The van der Waals surface area contributed by atoms with E-state index in [2.05, 4.69) is 10.6 Å². The van der Waals surface area contributed by atoms with Gasteiger partial charge in [0.25, 0.3) is 0 Å². The van der Waals surface area contributed by atoms with Gasteiger partial charge in [0.2, 0.25) is 0 Å². The van der Waals surface area contributed by atoms with E-state index in [4.69, 9.17) is 18.0 Å². The molecular formula is C16H23BN3O5. The molecule has 0 aromatic heterocycles. The van der Waals surface area contributed by atoms with Crippen LogP contribution in [-0.4, -0.2) is 66.5 Å². The topological polar surface area (TPSA) is 134 Å². The third-order valence-corrected chi connectivity index (χ3v) is 3.33. The van der Waals surface area contributed by atoms with Crippen LogP contribution in [0.3, 0.4) is 0 Å². The van der Waals surface area contributed by atoms with Gasteiger partial charge in [-0.1, -0.05) is 6.07 Å². The van der Waals surface area contributed by atoms with Crippen LogP contribution in [0, 0.1) is 0 Å². The van der Waals surface area contributed by atoms with E-state index in [9.17, 15) is 19.8 Å². The predicted molar refractivity (Wildman–Crippen MR) is 93.7 cm³/mol. The van der Waals surface area contributed by atoms with Crippen LogP contribution < -0.4 is 16.4 Å². The number of ether oxygens (including phenoxy) is 1. The van der Waals surface area contributed by atoms with Crippen molar-refractivity contribution in [1.29, 1.82) is 0 Å². The molecule has 1 amide bonds. The Morgan fingerprint density at radius 2 is 1.92 bits per heavy atom. The molecule has 0 unspecified atom stereocenters. The molecule has 25 heavy (non-hydrogen) atoms. The Hall–Kier alpha value is -2.23. The molecule has 0 fully saturated rings. The van der Waals surface area contributed by atoms with Crippen molar-refractivity contribution in [3.8, 4) is 0 Å². The summed E-state index contributed by atoms with van der Waals surface area (Å²) in [5.74, 6) is -1.51. The van der Waals surface area contributed by atoms with Gasteiger partial charge in [-0.2, -0.15) is 0 Å². The summed E-state index contributed by atoms with van der Waals surface area (Å²) in [6.07, 6.45) is -1.11. The van der Waals surface area contributed by atoms with Gasteiger partial charge in [0.1, 0.15) is 0 Å². The third-order valence-electron chi connectivity index (χ3n) is 3.33. The van der Waals surface area contributed by atoms with E-state index >= 15 is 0 Å². The third kappa shape index (κ3) is 7.04. The average Bonchev–Trinajstić information content (AvgIpc) is 2.62. The second-order valence-corrected chi connectivity index (χ2v) is 5.43. The van der Waals surface area contributed by atoms with Gasteiger partial charge < -0.3 is 0 Å². The molecule has 0 bridgehead atoms. The number of amides is 1. The van der Waals surface area contributed by atoms with E-state index in [0.29, 0.717) is 0 Å².